The van der Waals surface area contributed by atoms with Crippen LogP contribution in [0.25, 0.3) is 0 Å². The SMILES string of the molecule is NC(=O)CN(CC(N)=O)c1cc(Cl)nc(N)n1. The molecule has 8 nitrogen and oxygen atoms in total. The first-order valence-electron chi connectivity index (χ1n) is 4.50. The van der Waals surface area contributed by atoms with Gasteiger partial charge in [0, 0.05) is 6.07 Å². The van der Waals surface area contributed by atoms with Gasteiger partial charge in [-0.2, -0.15) is 4.98 Å². The van der Waals surface area contributed by atoms with Crippen molar-refractivity contribution in [1.82, 2.24) is 9.97 Å². The van der Waals surface area contributed by atoms with Crippen LogP contribution >= 0.6 is 11.6 Å². The number of hydrogen-bond acceptors (Lipinski definition) is 6. The van der Waals surface area contributed by atoms with E-state index in [1.54, 1.807) is 0 Å². The molecule has 0 fully saturated rings. The Balaban J connectivity index is 3.02. The summed E-state index contributed by atoms with van der Waals surface area (Å²) in [5, 5.41) is 0.0893. The van der Waals surface area contributed by atoms with Gasteiger partial charge in [0.1, 0.15) is 11.0 Å². The zero-order chi connectivity index (χ0) is 13.0. The lowest BCUT2D eigenvalue weighted by Gasteiger charge is -2.20. The van der Waals surface area contributed by atoms with Gasteiger partial charge >= 0.3 is 0 Å². The molecule has 0 aromatic carbocycles. The van der Waals surface area contributed by atoms with E-state index in [2.05, 4.69) is 9.97 Å². The van der Waals surface area contributed by atoms with Crippen LogP contribution in [0.4, 0.5) is 11.8 Å². The largest absolute Gasteiger partial charge is 0.368 e. The molecule has 6 N–H and O–H groups in total. The molecule has 17 heavy (non-hydrogen) atoms. The number of carbonyl (C=O) groups excluding carboxylic acids is 2. The van der Waals surface area contributed by atoms with E-state index in [0.717, 1.165) is 0 Å². The number of halogens is 1. The third-order valence-electron chi connectivity index (χ3n) is 1.72. The lowest BCUT2D eigenvalue weighted by atomic mass is 10.4. The van der Waals surface area contributed by atoms with Gasteiger partial charge in [0.15, 0.2) is 0 Å². The van der Waals surface area contributed by atoms with Crippen LogP contribution in [0.15, 0.2) is 6.07 Å². The quantitative estimate of drug-likeness (QED) is 0.548. The Hall–Kier alpha value is -2.09. The molecule has 9 heteroatoms. The third-order valence-corrected chi connectivity index (χ3v) is 1.91. The number of nitrogens with zero attached hydrogens (tertiary/aromatic N) is 3. The van der Waals surface area contributed by atoms with Crippen LogP contribution < -0.4 is 22.1 Å². The minimum absolute atomic E-state index is 0.0774. The number of primary amides is 2. The van der Waals surface area contributed by atoms with Crippen molar-refractivity contribution < 1.29 is 9.59 Å². The molecule has 0 saturated carbocycles. The molecule has 92 valence electrons. The summed E-state index contributed by atoms with van der Waals surface area (Å²) in [5.41, 5.74) is 15.5. The molecule has 1 aromatic heterocycles. The van der Waals surface area contributed by atoms with Crippen molar-refractivity contribution in [2.45, 2.75) is 0 Å². The fraction of sp³-hybridized carbons (Fsp3) is 0.250. The van der Waals surface area contributed by atoms with Gasteiger partial charge in [0.05, 0.1) is 13.1 Å². The first-order valence-corrected chi connectivity index (χ1v) is 4.88. The van der Waals surface area contributed by atoms with Crippen molar-refractivity contribution in [3.05, 3.63) is 11.2 Å². The van der Waals surface area contributed by atoms with Gasteiger partial charge in [0.25, 0.3) is 0 Å². The number of rotatable bonds is 5. The van der Waals surface area contributed by atoms with Crippen molar-refractivity contribution >= 4 is 35.2 Å². The summed E-state index contributed by atoms with van der Waals surface area (Å²) in [4.78, 5) is 30.4. The predicted octanol–water partition coefficient (Wildman–Crippen LogP) is -1.51. The Labute approximate surface area is 102 Å². The molecular formula is C8H11ClN6O2. The number of anilines is 2. The third kappa shape index (κ3) is 4.11. The minimum Gasteiger partial charge on any atom is -0.368 e. The van der Waals surface area contributed by atoms with Crippen LogP contribution in [-0.2, 0) is 9.59 Å². The monoisotopic (exact) mass is 258 g/mol. The molecule has 1 heterocycles. The molecule has 0 saturated heterocycles. The molecule has 1 rings (SSSR count). The number of hydrogen-bond donors (Lipinski definition) is 3. The topological polar surface area (TPSA) is 141 Å². The standard InChI is InChI=1S/C8H11ClN6O2/c9-4-1-7(14-8(12)13-4)15(2-5(10)16)3-6(11)17/h1H,2-3H2,(H2,10,16)(H2,11,17)(H2,12,13,14). The molecule has 0 aliphatic carbocycles. The molecule has 0 bridgehead atoms. The van der Waals surface area contributed by atoms with E-state index < -0.39 is 11.8 Å². The summed E-state index contributed by atoms with van der Waals surface area (Å²) in [5.74, 6) is -1.15. The predicted molar refractivity (Wildman–Crippen MR) is 62.1 cm³/mol. The molecular weight excluding hydrogens is 248 g/mol. The van der Waals surface area contributed by atoms with Crippen LogP contribution in [0.3, 0.4) is 0 Å². The van der Waals surface area contributed by atoms with Crippen molar-refractivity contribution in [3.8, 4) is 0 Å². The lowest BCUT2D eigenvalue weighted by molar-refractivity contribution is -0.117. The van der Waals surface area contributed by atoms with Crippen LogP contribution in [0, 0.1) is 0 Å². The van der Waals surface area contributed by atoms with Gasteiger partial charge in [-0.3, -0.25) is 9.59 Å². The zero-order valence-corrected chi connectivity index (χ0v) is 9.52. The summed E-state index contributed by atoms with van der Waals surface area (Å²) in [6, 6.07) is 1.35. The van der Waals surface area contributed by atoms with E-state index in [0.29, 0.717) is 0 Å². The minimum atomic E-state index is -0.639. The molecule has 0 aliphatic rings. The second kappa shape index (κ2) is 5.30. The summed E-state index contributed by atoms with van der Waals surface area (Å²) in [6.45, 7) is -0.453. The van der Waals surface area contributed by atoms with Gasteiger partial charge in [-0.05, 0) is 0 Å². The van der Waals surface area contributed by atoms with E-state index in [1.807, 2.05) is 0 Å². The van der Waals surface area contributed by atoms with E-state index >= 15 is 0 Å². The van der Waals surface area contributed by atoms with E-state index in [1.165, 1.54) is 11.0 Å². The lowest BCUT2D eigenvalue weighted by Crippen LogP contribution is -2.40. The molecule has 0 spiro atoms. The average molecular weight is 259 g/mol. The summed E-state index contributed by atoms with van der Waals surface area (Å²) in [7, 11) is 0. The smallest absolute Gasteiger partial charge is 0.237 e. The van der Waals surface area contributed by atoms with Gasteiger partial charge < -0.3 is 22.1 Å². The highest BCUT2D eigenvalue weighted by atomic mass is 35.5. The maximum absolute atomic E-state index is 10.9. The number of nitrogen functional groups attached to an aromatic ring is 1. The highest BCUT2D eigenvalue weighted by Gasteiger charge is 2.15. The van der Waals surface area contributed by atoms with E-state index in [4.69, 9.17) is 28.8 Å². The molecule has 0 aliphatic heterocycles. The molecule has 1 aromatic rings. The second-order valence-electron chi connectivity index (χ2n) is 3.20. The Morgan fingerprint density at radius 2 is 1.76 bits per heavy atom. The van der Waals surface area contributed by atoms with Crippen LogP contribution in [0.5, 0.6) is 0 Å². The summed E-state index contributed by atoms with van der Waals surface area (Å²) >= 11 is 5.68. The fourth-order valence-corrected chi connectivity index (χ4v) is 1.36. The Morgan fingerprint density at radius 3 is 2.18 bits per heavy atom. The fourth-order valence-electron chi connectivity index (χ4n) is 1.18. The number of amides is 2. The van der Waals surface area contributed by atoms with Crippen molar-refractivity contribution in [2.75, 3.05) is 23.7 Å². The zero-order valence-electron chi connectivity index (χ0n) is 8.76. The summed E-state index contributed by atoms with van der Waals surface area (Å²) in [6.07, 6.45) is 0. The van der Waals surface area contributed by atoms with Crippen molar-refractivity contribution in [2.24, 2.45) is 11.5 Å². The van der Waals surface area contributed by atoms with E-state index in [9.17, 15) is 9.59 Å². The van der Waals surface area contributed by atoms with Crippen LogP contribution in [0.2, 0.25) is 5.15 Å². The molecule has 2 amide bonds. The summed E-state index contributed by atoms with van der Waals surface area (Å²) < 4.78 is 0. The van der Waals surface area contributed by atoms with Crippen molar-refractivity contribution in [1.29, 1.82) is 0 Å². The molecule has 0 atom stereocenters. The highest BCUT2D eigenvalue weighted by molar-refractivity contribution is 6.29. The van der Waals surface area contributed by atoms with Gasteiger partial charge in [-0.25, -0.2) is 4.98 Å². The second-order valence-corrected chi connectivity index (χ2v) is 3.58. The Bertz CT molecular complexity index is 415. The Kier molecular flexibility index (Phi) is 4.05. The first-order chi connectivity index (χ1) is 7.88. The number of nitrogens with two attached hydrogens (primary N) is 3. The maximum Gasteiger partial charge on any atom is 0.237 e. The highest BCUT2D eigenvalue weighted by Crippen LogP contribution is 2.16. The van der Waals surface area contributed by atoms with Crippen molar-refractivity contribution in [3.63, 3.8) is 0 Å². The Morgan fingerprint density at radius 1 is 1.24 bits per heavy atom. The van der Waals surface area contributed by atoms with Crippen LogP contribution in [-0.4, -0.2) is 34.9 Å². The maximum atomic E-state index is 10.9. The van der Waals surface area contributed by atoms with E-state index in [-0.39, 0.29) is 30.0 Å². The number of carbonyl (C=O) groups is 2. The first kappa shape index (κ1) is 13.0. The number of aromatic nitrogens is 2. The van der Waals surface area contributed by atoms with Gasteiger partial charge in [0.2, 0.25) is 17.8 Å². The van der Waals surface area contributed by atoms with Crippen LogP contribution in [0.1, 0.15) is 0 Å². The van der Waals surface area contributed by atoms with Gasteiger partial charge in [-0.15, -0.1) is 0 Å². The normalized spacial score (nSPS) is 9.94. The molecule has 0 unspecified atom stereocenters. The average Bonchev–Trinajstić information content (AvgIpc) is 2.13. The molecule has 0 radical (unpaired) electrons. The van der Waals surface area contributed by atoms with Gasteiger partial charge in [-0.1, -0.05) is 11.6 Å².